The molecular formula is C21H22N4O2. The largest absolute Gasteiger partial charge is 0.465 e. The van der Waals surface area contributed by atoms with Crippen LogP contribution in [-0.4, -0.2) is 29.1 Å². The number of carbonyl (C=O) groups excluding carboxylic acids is 1. The average molecular weight is 362 g/mol. The fourth-order valence-electron chi connectivity index (χ4n) is 2.55. The Bertz CT molecular complexity index is 909. The van der Waals surface area contributed by atoms with E-state index in [1.54, 1.807) is 12.1 Å². The lowest BCUT2D eigenvalue weighted by Crippen LogP contribution is -2.12. The third kappa shape index (κ3) is 4.82. The first-order chi connectivity index (χ1) is 13.0. The second kappa shape index (κ2) is 8.31. The zero-order valence-corrected chi connectivity index (χ0v) is 15.6. The van der Waals surface area contributed by atoms with Gasteiger partial charge in [-0.2, -0.15) is 0 Å². The van der Waals surface area contributed by atoms with Crippen LogP contribution in [0, 0.1) is 0 Å². The first-order valence-corrected chi connectivity index (χ1v) is 8.71. The number of nitrogens with one attached hydrogen (secondary N) is 2. The second-order valence-corrected chi connectivity index (χ2v) is 6.32. The maximum atomic E-state index is 11.6. The molecule has 1 aromatic heterocycles. The second-order valence-electron chi connectivity index (χ2n) is 6.32. The van der Waals surface area contributed by atoms with E-state index >= 15 is 0 Å². The number of ether oxygens (including phenoxy) is 1. The third-order valence-corrected chi connectivity index (χ3v) is 3.77. The number of esters is 1. The molecule has 2 aromatic carbocycles. The predicted molar refractivity (Wildman–Crippen MR) is 107 cm³/mol. The fourth-order valence-corrected chi connectivity index (χ4v) is 2.55. The monoisotopic (exact) mass is 362 g/mol. The number of benzene rings is 2. The lowest BCUT2D eigenvalue weighted by Gasteiger charge is -2.13. The Balaban J connectivity index is 1.90. The minimum absolute atomic E-state index is 0.246. The normalized spacial score (nSPS) is 10.5. The van der Waals surface area contributed by atoms with Crippen molar-refractivity contribution in [1.82, 2.24) is 9.97 Å². The average Bonchev–Trinajstić information content (AvgIpc) is 2.68. The molecule has 0 aliphatic heterocycles. The van der Waals surface area contributed by atoms with Crippen molar-refractivity contribution in [3.05, 3.63) is 66.2 Å². The summed E-state index contributed by atoms with van der Waals surface area (Å²) in [6.45, 7) is 4.12. The van der Waals surface area contributed by atoms with Crippen LogP contribution in [0.15, 0.2) is 60.7 Å². The smallest absolute Gasteiger partial charge is 0.337 e. The molecule has 6 heteroatoms. The van der Waals surface area contributed by atoms with Crippen LogP contribution in [0.4, 0.5) is 17.3 Å². The Morgan fingerprint density at radius 1 is 0.963 bits per heavy atom. The lowest BCUT2D eigenvalue weighted by molar-refractivity contribution is 0.0601. The predicted octanol–water partition coefficient (Wildman–Crippen LogP) is 4.49. The quantitative estimate of drug-likeness (QED) is 0.629. The van der Waals surface area contributed by atoms with Crippen LogP contribution in [-0.2, 0) is 4.74 Å². The van der Waals surface area contributed by atoms with Gasteiger partial charge < -0.3 is 15.4 Å². The first-order valence-electron chi connectivity index (χ1n) is 8.71. The van der Waals surface area contributed by atoms with E-state index in [1.807, 2.05) is 48.5 Å². The first kappa shape index (κ1) is 18.4. The zero-order valence-electron chi connectivity index (χ0n) is 15.6. The molecular weight excluding hydrogens is 340 g/mol. The minimum atomic E-state index is -0.363. The van der Waals surface area contributed by atoms with Crippen LogP contribution in [0.5, 0.6) is 0 Å². The number of methoxy groups -OCH3 is 1. The summed E-state index contributed by atoms with van der Waals surface area (Å²) in [7, 11) is 1.36. The Morgan fingerprint density at radius 2 is 1.63 bits per heavy atom. The van der Waals surface area contributed by atoms with Crippen LogP contribution < -0.4 is 10.6 Å². The van der Waals surface area contributed by atoms with E-state index in [1.165, 1.54) is 7.11 Å². The summed E-state index contributed by atoms with van der Waals surface area (Å²) in [6.07, 6.45) is 0. The molecule has 0 bridgehead atoms. The summed E-state index contributed by atoms with van der Waals surface area (Å²) >= 11 is 0. The van der Waals surface area contributed by atoms with Crippen LogP contribution in [0.1, 0.15) is 24.2 Å². The summed E-state index contributed by atoms with van der Waals surface area (Å²) in [5.41, 5.74) is 2.25. The van der Waals surface area contributed by atoms with E-state index in [0.29, 0.717) is 17.2 Å². The van der Waals surface area contributed by atoms with Crippen LogP contribution in [0.2, 0.25) is 0 Å². The molecule has 138 valence electrons. The van der Waals surface area contributed by atoms with Gasteiger partial charge in [0.15, 0.2) is 5.82 Å². The number of hydrogen-bond acceptors (Lipinski definition) is 6. The van der Waals surface area contributed by atoms with E-state index in [0.717, 1.165) is 17.1 Å². The Kier molecular flexibility index (Phi) is 5.66. The number of rotatable bonds is 6. The summed E-state index contributed by atoms with van der Waals surface area (Å²) in [6, 6.07) is 19.0. The molecule has 0 aliphatic carbocycles. The van der Waals surface area contributed by atoms with Gasteiger partial charge in [-0.25, -0.2) is 14.8 Å². The standard InChI is InChI=1S/C21H22N4O2/c1-14(2)22-18-13-19(25-20(24-18)15-7-5-4-6-8-15)23-17-11-9-16(10-12-17)21(26)27-3/h4-14H,1-3H3,(H2,22,23,24,25). The Labute approximate surface area is 158 Å². The molecule has 6 nitrogen and oxygen atoms in total. The summed E-state index contributed by atoms with van der Waals surface area (Å²) in [5.74, 6) is 1.68. The van der Waals surface area contributed by atoms with Crippen molar-refractivity contribution in [2.45, 2.75) is 19.9 Å². The van der Waals surface area contributed by atoms with Gasteiger partial charge >= 0.3 is 5.97 Å². The zero-order chi connectivity index (χ0) is 19.2. The number of anilines is 3. The van der Waals surface area contributed by atoms with E-state index < -0.39 is 0 Å². The topological polar surface area (TPSA) is 76.1 Å². The Morgan fingerprint density at radius 3 is 2.26 bits per heavy atom. The SMILES string of the molecule is COC(=O)c1ccc(Nc2cc(NC(C)C)nc(-c3ccccc3)n2)cc1. The van der Waals surface area contributed by atoms with Crippen LogP contribution >= 0.6 is 0 Å². The molecule has 0 unspecified atom stereocenters. The molecule has 0 amide bonds. The van der Waals surface area contributed by atoms with Gasteiger partial charge in [0.2, 0.25) is 0 Å². The molecule has 0 spiro atoms. The van der Waals surface area contributed by atoms with Crippen molar-refractivity contribution in [2.75, 3.05) is 17.7 Å². The molecule has 27 heavy (non-hydrogen) atoms. The van der Waals surface area contributed by atoms with Crippen LogP contribution in [0.3, 0.4) is 0 Å². The maximum Gasteiger partial charge on any atom is 0.337 e. The highest BCUT2D eigenvalue weighted by Crippen LogP contribution is 2.23. The van der Waals surface area contributed by atoms with Crippen molar-refractivity contribution in [1.29, 1.82) is 0 Å². The van der Waals surface area contributed by atoms with E-state index in [4.69, 9.17) is 4.74 Å². The summed E-state index contributed by atoms with van der Waals surface area (Å²) in [4.78, 5) is 20.8. The molecule has 0 radical (unpaired) electrons. The van der Waals surface area contributed by atoms with Gasteiger partial charge in [-0.1, -0.05) is 30.3 Å². The van der Waals surface area contributed by atoms with Crippen molar-refractivity contribution in [3.63, 3.8) is 0 Å². The molecule has 2 N–H and O–H groups in total. The van der Waals surface area contributed by atoms with Crippen molar-refractivity contribution < 1.29 is 9.53 Å². The summed E-state index contributed by atoms with van der Waals surface area (Å²) in [5, 5.41) is 6.59. The van der Waals surface area contributed by atoms with Gasteiger partial charge in [0.05, 0.1) is 12.7 Å². The van der Waals surface area contributed by atoms with E-state index in [9.17, 15) is 4.79 Å². The van der Waals surface area contributed by atoms with Gasteiger partial charge in [0, 0.05) is 23.4 Å². The van der Waals surface area contributed by atoms with Gasteiger partial charge in [0.25, 0.3) is 0 Å². The van der Waals surface area contributed by atoms with Crippen molar-refractivity contribution in [2.24, 2.45) is 0 Å². The van der Waals surface area contributed by atoms with E-state index in [2.05, 4.69) is 34.4 Å². The maximum absolute atomic E-state index is 11.6. The Hall–Kier alpha value is -3.41. The molecule has 0 fully saturated rings. The van der Waals surface area contributed by atoms with Gasteiger partial charge in [0.1, 0.15) is 11.6 Å². The molecule has 3 aromatic rings. The number of carbonyl (C=O) groups is 1. The molecule has 3 rings (SSSR count). The lowest BCUT2D eigenvalue weighted by atomic mass is 10.2. The van der Waals surface area contributed by atoms with E-state index in [-0.39, 0.29) is 12.0 Å². The highest BCUT2D eigenvalue weighted by Gasteiger charge is 2.09. The molecule has 0 saturated carbocycles. The highest BCUT2D eigenvalue weighted by atomic mass is 16.5. The van der Waals surface area contributed by atoms with Crippen molar-refractivity contribution >= 4 is 23.3 Å². The minimum Gasteiger partial charge on any atom is -0.465 e. The molecule has 0 atom stereocenters. The highest BCUT2D eigenvalue weighted by molar-refractivity contribution is 5.89. The van der Waals surface area contributed by atoms with Crippen LogP contribution in [0.25, 0.3) is 11.4 Å². The molecule has 0 aliphatic rings. The fraction of sp³-hybridized carbons (Fsp3) is 0.190. The number of nitrogens with zero attached hydrogens (tertiary/aromatic N) is 2. The molecule has 1 heterocycles. The number of aromatic nitrogens is 2. The summed E-state index contributed by atoms with van der Waals surface area (Å²) < 4.78 is 4.72. The third-order valence-electron chi connectivity index (χ3n) is 3.77. The van der Waals surface area contributed by atoms with Gasteiger partial charge in [-0.05, 0) is 38.1 Å². The molecule has 0 saturated heterocycles. The number of hydrogen-bond donors (Lipinski definition) is 2. The van der Waals surface area contributed by atoms with Crippen molar-refractivity contribution in [3.8, 4) is 11.4 Å². The van der Waals surface area contributed by atoms with Gasteiger partial charge in [-0.3, -0.25) is 0 Å². The van der Waals surface area contributed by atoms with Gasteiger partial charge in [-0.15, -0.1) is 0 Å².